The third-order valence-corrected chi connectivity index (χ3v) is 7.65. The first-order chi connectivity index (χ1) is 19.2. The van der Waals surface area contributed by atoms with Gasteiger partial charge in [0.05, 0.1) is 30.3 Å². The van der Waals surface area contributed by atoms with E-state index in [1.807, 2.05) is 38.1 Å². The van der Waals surface area contributed by atoms with Gasteiger partial charge in [0.1, 0.15) is 12.2 Å². The summed E-state index contributed by atoms with van der Waals surface area (Å²) in [6.07, 6.45) is 9.78. The maximum atomic E-state index is 12.8. The maximum Gasteiger partial charge on any atom is 0.340 e. The van der Waals surface area contributed by atoms with Crippen LogP contribution in [0.3, 0.4) is 0 Å². The predicted molar refractivity (Wildman–Crippen MR) is 152 cm³/mol. The largest absolute Gasteiger partial charge is 0.481 e. The van der Waals surface area contributed by atoms with E-state index < -0.39 is 42.6 Å². The van der Waals surface area contributed by atoms with Crippen molar-refractivity contribution in [1.82, 2.24) is 4.98 Å². The second-order valence-electron chi connectivity index (χ2n) is 11.2. The highest BCUT2D eigenvalue weighted by atomic mass is 16.7. The number of nitrogens with one attached hydrogen (secondary N) is 1. The van der Waals surface area contributed by atoms with Crippen LogP contribution in [-0.2, 0) is 19.0 Å². The van der Waals surface area contributed by atoms with Gasteiger partial charge in [-0.1, -0.05) is 76.0 Å². The van der Waals surface area contributed by atoms with E-state index in [0.29, 0.717) is 12.0 Å². The number of para-hydroxylation sites is 1. The lowest BCUT2D eigenvalue weighted by Crippen LogP contribution is -2.49. The summed E-state index contributed by atoms with van der Waals surface area (Å²) in [7, 11) is 0. The van der Waals surface area contributed by atoms with E-state index in [1.165, 1.54) is 25.7 Å². The zero-order chi connectivity index (χ0) is 28.9. The number of aromatic amines is 1. The summed E-state index contributed by atoms with van der Waals surface area (Å²) in [6, 6.07) is 7.55. The number of esters is 1. The first-order valence-corrected chi connectivity index (χ1v) is 14.9. The maximum absolute atomic E-state index is 12.8. The molecule has 1 aliphatic rings. The van der Waals surface area contributed by atoms with Gasteiger partial charge in [-0.25, -0.2) is 4.79 Å². The number of H-pyrrole nitrogens is 1. The molecule has 1 aromatic heterocycles. The van der Waals surface area contributed by atoms with Gasteiger partial charge in [-0.2, -0.15) is 0 Å². The van der Waals surface area contributed by atoms with Gasteiger partial charge in [-0.15, -0.1) is 0 Å². The van der Waals surface area contributed by atoms with Crippen molar-refractivity contribution in [2.75, 3.05) is 0 Å². The van der Waals surface area contributed by atoms with Gasteiger partial charge in [-0.3, -0.25) is 4.79 Å². The Morgan fingerprint density at radius 1 is 1.02 bits per heavy atom. The fraction of sp³-hybridized carbons (Fsp3) is 0.677. The highest BCUT2D eigenvalue weighted by Gasteiger charge is 2.38. The van der Waals surface area contributed by atoms with Crippen LogP contribution in [0.2, 0.25) is 0 Å². The molecular weight excluding hydrogens is 514 g/mol. The second kappa shape index (κ2) is 16.7. The van der Waals surface area contributed by atoms with Gasteiger partial charge < -0.3 is 34.5 Å². The van der Waals surface area contributed by atoms with Crippen molar-refractivity contribution in [2.24, 2.45) is 0 Å². The molecule has 1 aliphatic heterocycles. The molecule has 40 heavy (non-hydrogen) atoms. The SMILES string of the molecule is CC(CCCCCCCCCCCC(O)CC(=O)O)OC1OC(C)C(OC(=O)c2c[nH]c3ccccc23)CC1O. The number of aliphatic hydroxyl groups is 2. The fourth-order valence-electron chi connectivity index (χ4n) is 5.29. The minimum Gasteiger partial charge on any atom is -0.481 e. The Morgan fingerprint density at radius 3 is 2.33 bits per heavy atom. The van der Waals surface area contributed by atoms with Gasteiger partial charge in [0.2, 0.25) is 0 Å². The average molecular weight is 562 g/mol. The molecule has 6 atom stereocenters. The molecule has 2 aromatic rings. The van der Waals surface area contributed by atoms with Gasteiger partial charge in [-0.05, 0) is 32.8 Å². The molecule has 4 N–H and O–H groups in total. The average Bonchev–Trinajstić information content (AvgIpc) is 3.34. The standard InChI is InChI=1S/C31H47NO8/c1-21(14-10-8-6-4-3-5-7-9-11-15-23(33)18-29(35)36)38-31-27(34)19-28(22(2)39-31)40-30(37)25-20-32-26-17-13-12-16-24(25)26/h12-13,16-17,20-23,27-28,31-34H,3-11,14-15,18-19H2,1-2H3,(H,35,36). The normalized spacial score (nSPS) is 22.7. The summed E-state index contributed by atoms with van der Waals surface area (Å²) in [4.78, 5) is 26.4. The number of aliphatic carboxylic acids is 1. The summed E-state index contributed by atoms with van der Waals surface area (Å²) < 4.78 is 17.6. The number of carboxylic acid groups (broad SMARTS) is 1. The molecule has 0 radical (unpaired) electrons. The van der Waals surface area contributed by atoms with Crippen LogP contribution < -0.4 is 0 Å². The van der Waals surface area contributed by atoms with Crippen LogP contribution in [0, 0.1) is 0 Å². The zero-order valence-corrected chi connectivity index (χ0v) is 23.9. The molecule has 0 saturated carbocycles. The lowest BCUT2D eigenvalue weighted by molar-refractivity contribution is -0.273. The van der Waals surface area contributed by atoms with E-state index in [4.69, 9.17) is 19.3 Å². The molecule has 1 saturated heterocycles. The molecule has 2 heterocycles. The number of aliphatic hydroxyl groups excluding tert-OH is 2. The third-order valence-electron chi connectivity index (χ3n) is 7.65. The number of benzene rings is 1. The highest BCUT2D eigenvalue weighted by molar-refractivity contribution is 6.04. The molecule has 0 aliphatic carbocycles. The molecule has 6 unspecified atom stereocenters. The summed E-state index contributed by atoms with van der Waals surface area (Å²) in [5.74, 6) is -1.38. The zero-order valence-electron chi connectivity index (χ0n) is 23.9. The monoisotopic (exact) mass is 561 g/mol. The number of carboxylic acids is 1. The molecule has 0 spiro atoms. The highest BCUT2D eigenvalue weighted by Crippen LogP contribution is 2.27. The summed E-state index contributed by atoms with van der Waals surface area (Å²) in [5.41, 5.74) is 1.33. The van der Waals surface area contributed by atoms with Gasteiger partial charge in [0.15, 0.2) is 6.29 Å². The Labute approximate surface area is 237 Å². The molecule has 3 rings (SSSR count). The summed E-state index contributed by atoms with van der Waals surface area (Å²) in [6.45, 7) is 3.83. The van der Waals surface area contributed by atoms with Crippen molar-refractivity contribution >= 4 is 22.8 Å². The summed E-state index contributed by atoms with van der Waals surface area (Å²) in [5, 5.41) is 29.7. The number of carbonyl (C=O) groups is 2. The molecule has 1 aromatic carbocycles. The van der Waals surface area contributed by atoms with Crippen molar-refractivity contribution in [3.05, 3.63) is 36.0 Å². The summed E-state index contributed by atoms with van der Waals surface area (Å²) >= 11 is 0. The molecule has 0 bridgehead atoms. The topological polar surface area (TPSA) is 138 Å². The number of unbranched alkanes of at least 4 members (excludes halogenated alkanes) is 8. The van der Waals surface area contributed by atoms with Crippen molar-refractivity contribution in [2.45, 2.75) is 134 Å². The Bertz CT molecular complexity index is 1040. The number of hydrogen-bond donors (Lipinski definition) is 4. The quantitative estimate of drug-likeness (QED) is 0.134. The first kappa shape index (κ1) is 32.1. The lowest BCUT2D eigenvalue weighted by Gasteiger charge is -2.38. The number of aromatic nitrogens is 1. The lowest BCUT2D eigenvalue weighted by atomic mass is 10.0. The van der Waals surface area contributed by atoms with E-state index in [9.17, 15) is 19.8 Å². The predicted octanol–water partition coefficient (Wildman–Crippen LogP) is 5.72. The molecule has 1 fully saturated rings. The second-order valence-corrected chi connectivity index (χ2v) is 11.2. The Balaban J connectivity index is 1.23. The van der Waals surface area contributed by atoms with Crippen LogP contribution >= 0.6 is 0 Å². The van der Waals surface area contributed by atoms with Crippen LogP contribution in [0.25, 0.3) is 10.9 Å². The Morgan fingerprint density at radius 2 is 1.65 bits per heavy atom. The minimum absolute atomic E-state index is 0.0475. The first-order valence-electron chi connectivity index (χ1n) is 14.9. The van der Waals surface area contributed by atoms with Crippen molar-refractivity contribution in [1.29, 1.82) is 0 Å². The number of hydrogen-bond acceptors (Lipinski definition) is 7. The van der Waals surface area contributed by atoms with Crippen LogP contribution in [0.4, 0.5) is 0 Å². The van der Waals surface area contributed by atoms with Crippen LogP contribution in [0.5, 0.6) is 0 Å². The van der Waals surface area contributed by atoms with Crippen molar-refractivity contribution < 1.29 is 39.1 Å². The Hall–Kier alpha value is -2.46. The van der Waals surface area contributed by atoms with Crippen LogP contribution in [-0.4, -0.2) is 69.1 Å². The van der Waals surface area contributed by atoms with E-state index in [0.717, 1.165) is 49.4 Å². The van der Waals surface area contributed by atoms with Crippen LogP contribution in [0.1, 0.15) is 108 Å². The van der Waals surface area contributed by atoms with E-state index >= 15 is 0 Å². The number of rotatable bonds is 18. The van der Waals surface area contributed by atoms with Crippen LogP contribution in [0.15, 0.2) is 30.5 Å². The van der Waals surface area contributed by atoms with Gasteiger partial charge in [0, 0.05) is 23.5 Å². The molecule has 9 nitrogen and oxygen atoms in total. The number of fused-ring (bicyclic) bond motifs is 1. The number of carbonyl (C=O) groups excluding carboxylic acids is 1. The van der Waals surface area contributed by atoms with Crippen molar-refractivity contribution in [3.63, 3.8) is 0 Å². The molecular formula is C31H47NO8. The minimum atomic E-state index is -0.946. The van der Waals surface area contributed by atoms with E-state index in [-0.39, 0.29) is 18.9 Å². The van der Waals surface area contributed by atoms with E-state index in [2.05, 4.69) is 4.98 Å². The molecule has 224 valence electrons. The molecule has 0 amide bonds. The van der Waals surface area contributed by atoms with Crippen molar-refractivity contribution in [3.8, 4) is 0 Å². The van der Waals surface area contributed by atoms with Gasteiger partial charge in [0.25, 0.3) is 0 Å². The number of ether oxygens (including phenoxy) is 3. The molecule has 9 heteroatoms. The smallest absolute Gasteiger partial charge is 0.340 e. The van der Waals surface area contributed by atoms with Gasteiger partial charge >= 0.3 is 11.9 Å². The third kappa shape index (κ3) is 10.5. The Kier molecular flexibility index (Phi) is 13.4. The fourth-order valence-corrected chi connectivity index (χ4v) is 5.29. The van der Waals surface area contributed by atoms with E-state index in [1.54, 1.807) is 6.20 Å².